The van der Waals surface area contributed by atoms with Gasteiger partial charge in [-0.25, -0.2) is 0 Å². The zero-order valence-electron chi connectivity index (χ0n) is 11.4. The number of nitrogens with zero attached hydrogens (tertiary/aromatic N) is 2. The van der Waals surface area contributed by atoms with Gasteiger partial charge in [-0.1, -0.05) is 6.07 Å². The van der Waals surface area contributed by atoms with E-state index >= 15 is 0 Å². The predicted molar refractivity (Wildman–Crippen MR) is 74.7 cm³/mol. The minimum atomic E-state index is 0.0958. The SMILES string of the molecule is CC1CCN(c2cccc(C#N)c2)CC(C)(C)N1. The molecule has 0 bridgehead atoms. The molecule has 0 saturated carbocycles. The summed E-state index contributed by atoms with van der Waals surface area (Å²) in [7, 11) is 0. The Labute approximate surface area is 109 Å². The molecule has 0 amide bonds. The van der Waals surface area contributed by atoms with Gasteiger partial charge in [0.05, 0.1) is 11.6 Å². The van der Waals surface area contributed by atoms with Crippen LogP contribution in [0.2, 0.25) is 0 Å². The highest BCUT2D eigenvalue weighted by Gasteiger charge is 2.27. The lowest BCUT2D eigenvalue weighted by Crippen LogP contribution is -2.48. The van der Waals surface area contributed by atoms with Crippen LogP contribution in [-0.4, -0.2) is 24.7 Å². The van der Waals surface area contributed by atoms with E-state index in [2.05, 4.69) is 43.1 Å². The quantitative estimate of drug-likeness (QED) is 0.823. The highest BCUT2D eigenvalue weighted by Crippen LogP contribution is 2.22. The number of hydrogen-bond acceptors (Lipinski definition) is 3. The van der Waals surface area contributed by atoms with E-state index in [1.165, 1.54) is 0 Å². The first-order chi connectivity index (χ1) is 8.50. The number of hydrogen-bond donors (Lipinski definition) is 1. The van der Waals surface area contributed by atoms with E-state index in [-0.39, 0.29) is 5.54 Å². The van der Waals surface area contributed by atoms with Gasteiger partial charge in [-0.05, 0) is 45.4 Å². The third-order valence-corrected chi connectivity index (χ3v) is 3.40. The molecule has 1 aliphatic heterocycles. The third-order valence-electron chi connectivity index (χ3n) is 3.40. The number of rotatable bonds is 1. The second-order valence-corrected chi connectivity index (χ2v) is 5.80. The fourth-order valence-corrected chi connectivity index (χ4v) is 2.68. The summed E-state index contributed by atoms with van der Waals surface area (Å²) < 4.78 is 0. The van der Waals surface area contributed by atoms with Gasteiger partial charge in [-0.3, -0.25) is 0 Å². The average Bonchev–Trinajstić information content (AvgIpc) is 2.47. The first kappa shape index (κ1) is 12.9. The van der Waals surface area contributed by atoms with Gasteiger partial charge in [0.1, 0.15) is 0 Å². The normalized spacial score (nSPS) is 23.2. The molecule has 0 radical (unpaired) electrons. The Morgan fingerprint density at radius 2 is 2.22 bits per heavy atom. The van der Waals surface area contributed by atoms with Crippen LogP contribution in [0.3, 0.4) is 0 Å². The van der Waals surface area contributed by atoms with E-state index in [0.29, 0.717) is 6.04 Å². The zero-order chi connectivity index (χ0) is 13.2. The van der Waals surface area contributed by atoms with Crippen LogP contribution in [0.1, 0.15) is 32.8 Å². The van der Waals surface area contributed by atoms with Crippen LogP contribution in [0.4, 0.5) is 5.69 Å². The predicted octanol–water partition coefficient (Wildman–Crippen LogP) is 2.53. The summed E-state index contributed by atoms with van der Waals surface area (Å²) in [5, 5.41) is 12.6. The van der Waals surface area contributed by atoms with Gasteiger partial charge in [0, 0.05) is 30.4 Å². The van der Waals surface area contributed by atoms with Gasteiger partial charge in [0.25, 0.3) is 0 Å². The van der Waals surface area contributed by atoms with E-state index in [1.807, 2.05) is 18.2 Å². The van der Waals surface area contributed by atoms with Gasteiger partial charge in [0.15, 0.2) is 0 Å². The molecule has 1 atom stereocenters. The Balaban J connectivity index is 2.24. The van der Waals surface area contributed by atoms with Crippen molar-refractivity contribution in [3.63, 3.8) is 0 Å². The molecule has 2 rings (SSSR count). The second kappa shape index (κ2) is 4.99. The number of nitrogens with one attached hydrogen (secondary N) is 1. The molecular formula is C15H21N3. The zero-order valence-corrected chi connectivity index (χ0v) is 11.4. The monoisotopic (exact) mass is 243 g/mol. The standard InChI is InChI=1S/C15H21N3/c1-12-7-8-18(11-15(2,3)17-12)14-6-4-5-13(9-14)10-16/h4-6,9,12,17H,7-8,11H2,1-3H3. The summed E-state index contributed by atoms with van der Waals surface area (Å²) in [6.07, 6.45) is 1.13. The van der Waals surface area contributed by atoms with Crippen LogP contribution in [-0.2, 0) is 0 Å². The van der Waals surface area contributed by atoms with Crippen LogP contribution in [0.5, 0.6) is 0 Å². The van der Waals surface area contributed by atoms with Crippen molar-refractivity contribution in [3.8, 4) is 6.07 Å². The molecule has 1 fully saturated rings. The van der Waals surface area contributed by atoms with Crippen molar-refractivity contribution < 1.29 is 0 Å². The lowest BCUT2D eigenvalue weighted by molar-refractivity contribution is 0.368. The molecule has 1 N–H and O–H groups in total. The van der Waals surface area contributed by atoms with Crippen LogP contribution >= 0.6 is 0 Å². The molecule has 3 heteroatoms. The summed E-state index contributed by atoms with van der Waals surface area (Å²) in [5.41, 5.74) is 1.98. The van der Waals surface area contributed by atoms with E-state index in [9.17, 15) is 0 Å². The maximum atomic E-state index is 8.98. The number of anilines is 1. The molecule has 0 aromatic heterocycles. The lowest BCUT2D eigenvalue weighted by Gasteiger charge is -2.32. The number of nitriles is 1. The maximum absolute atomic E-state index is 8.98. The Hall–Kier alpha value is -1.53. The smallest absolute Gasteiger partial charge is 0.0992 e. The van der Waals surface area contributed by atoms with Gasteiger partial charge < -0.3 is 10.2 Å². The Morgan fingerprint density at radius 3 is 2.94 bits per heavy atom. The van der Waals surface area contributed by atoms with Crippen molar-refractivity contribution in [2.24, 2.45) is 0 Å². The topological polar surface area (TPSA) is 39.1 Å². The molecule has 0 spiro atoms. The van der Waals surface area contributed by atoms with Crippen molar-refractivity contribution in [2.45, 2.75) is 38.8 Å². The summed E-state index contributed by atoms with van der Waals surface area (Å²) in [6, 6.07) is 10.6. The van der Waals surface area contributed by atoms with E-state index < -0.39 is 0 Å². The highest BCUT2D eigenvalue weighted by atomic mass is 15.2. The van der Waals surface area contributed by atoms with Crippen LogP contribution in [0.25, 0.3) is 0 Å². The van der Waals surface area contributed by atoms with Gasteiger partial charge in [-0.15, -0.1) is 0 Å². The maximum Gasteiger partial charge on any atom is 0.0992 e. The van der Waals surface area contributed by atoms with Gasteiger partial charge in [0.2, 0.25) is 0 Å². The Morgan fingerprint density at radius 1 is 1.44 bits per heavy atom. The second-order valence-electron chi connectivity index (χ2n) is 5.80. The van der Waals surface area contributed by atoms with Gasteiger partial charge in [-0.2, -0.15) is 5.26 Å². The summed E-state index contributed by atoms with van der Waals surface area (Å²) >= 11 is 0. The van der Waals surface area contributed by atoms with Crippen molar-refractivity contribution >= 4 is 5.69 Å². The molecule has 1 aromatic rings. The summed E-state index contributed by atoms with van der Waals surface area (Å²) in [6.45, 7) is 8.70. The molecule has 1 aliphatic rings. The molecular weight excluding hydrogens is 222 g/mol. The van der Waals surface area contributed by atoms with Crippen molar-refractivity contribution in [2.75, 3.05) is 18.0 Å². The molecule has 1 unspecified atom stereocenters. The van der Waals surface area contributed by atoms with Crippen molar-refractivity contribution in [1.82, 2.24) is 5.32 Å². The molecule has 3 nitrogen and oxygen atoms in total. The Kier molecular flexibility index (Phi) is 3.58. The number of benzene rings is 1. The molecule has 0 aliphatic carbocycles. The first-order valence-corrected chi connectivity index (χ1v) is 6.53. The molecule has 1 heterocycles. The third kappa shape index (κ3) is 3.02. The van der Waals surface area contributed by atoms with E-state index in [1.54, 1.807) is 0 Å². The molecule has 1 saturated heterocycles. The largest absolute Gasteiger partial charge is 0.370 e. The van der Waals surface area contributed by atoms with Crippen molar-refractivity contribution in [1.29, 1.82) is 5.26 Å². The van der Waals surface area contributed by atoms with Gasteiger partial charge >= 0.3 is 0 Å². The Bertz CT molecular complexity index is 459. The van der Waals surface area contributed by atoms with Crippen LogP contribution in [0.15, 0.2) is 24.3 Å². The van der Waals surface area contributed by atoms with Crippen molar-refractivity contribution in [3.05, 3.63) is 29.8 Å². The first-order valence-electron chi connectivity index (χ1n) is 6.53. The fourth-order valence-electron chi connectivity index (χ4n) is 2.68. The van der Waals surface area contributed by atoms with E-state index in [4.69, 9.17) is 5.26 Å². The average molecular weight is 243 g/mol. The minimum Gasteiger partial charge on any atom is -0.370 e. The lowest BCUT2D eigenvalue weighted by atomic mass is 10.0. The molecule has 1 aromatic carbocycles. The summed E-state index contributed by atoms with van der Waals surface area (Å²) in [5.74, 6) is 0. The minimum absolute atomic E-state index is 0.0958. The molecule has 96 valence electrons. The van der Waals surface area contributed by atoms with E-state index in [0.717, 1.165) is 30.8 Å². The fraction of sp³-hybridized carbons (Fsp3) is 0.533. The van der Waals surface area contributed by atoms with Crippen LogP contribution < -0.4 is 10.2 Å². The highest BCUT2D eigenvalue weighted by molar-refractivity contribution is 5.52. The van der Waals surface area contributed by atoms with Crippen LogP contribution in [0, 0.1) is 11.3 Å². The molecule has 18 heavy (non-hydrogen) atoms. The summed E-state index contributed by atoms with van der Waals surface area (Å²) in [4.78, 5) is 2.37.